The molecule has 0 amide bonds. The van der Waals surface area contributed by atoms with Crippen LogP contribution in [0.2, 0.25) is 0 Å². The van der Waals surface area contributed by atoms with Crippen molar-refractivity contribution < 1.29 is 4.74 Å². The van der Waals surface area contributed by atoms with Gasteiger partial charge < -0.3 is 10.1 Å². The predicted octanol–water partition coefficient (Wildman–Crippen LogP) is 1.60. The minimum atomic E-state index is -0.566. The van der Waals surface area contributed by atoms with Gasteiger partial charge in [0.25, 0.3) is 10.9 Å². The van der Waals surface area contributed by atoms with Crippen LogP contribution in [0.15, 0.2) is 33.9 Å². The van der Waals surface area contributed by atoms with Gasteiger partial charge in [0, 0.05) is 5.69 Å². The highest BCUT2D eigenvalue weighted by Gasteiger charge is 2.22. The van der Waals surface area contributed by atoms with E-state index >= 15 is 0 Å². The summed E-state index contributed by atoms with van der Waals surface area (Å²) in [4.78, 5) is 22.6. The average molecular weight is 231 g/mol. The van der Waals surface area contributed by atoms with E-state index in [4.69, 9.17) is 4.74 Å². The molecule has 2 aromatic rings. The van der Waals surface area contributed by atoms with Crippen LogP contribution in [-0.4, -0.2) is 7.11 Å². The van der Waals surface area contributed by atoms with E-state index in [9.17, 15) is 9.59 Å². The lowest BCUT2D eigenvalue weighted by Gasteiger charge is -2.14. The highest BCUT2D eigenvalue weighted by molar-refractivity contribution is 5.71. The number of aryl methyl sites for hydroxylation is 1. The molecule has 0 saturated carbocycles. The lowest BCUT2D eigenvalue weighted by atomic mass is 10.1. The number of rotatable bonds is 4. The lowest BCUT2D eigenvalue weighted by Crippen LogP contribution is -2.34. The molecule has 2 rings (SSSR count). The van der Waals surface area contributed by atoms with Crippen LogP contribution >= 0.6 is 0 Å². The van der Waals surface area contributed by atoms with E-state index < -0.39 is 10.9 Å². The Balaban J connectivity index is 2.36. The van der Waals surface area contributed by atoms with Crippen molar-refractivity contribution in [2.24, 2.45) is 0 Å². The van der Waals surface area contributed by atoms with Crippen molar-refractivity contribution in [2.75, 3.05) is 12.4 Å². The van der Waals surface area contributed by atoms with Crippen LogP contribution in [0.5, 0.6) is 5.75 Å². The molecule has 4 nitrogen and oxygen atoms in total. The maximum atomic E-state index is 11.4. The Labute approximate surface area is 98.5 Å². The van der Waals surface area contributed by atoms with E-state index in [1.165, 1.54) is 7.11 Å². The maximum Gasteiger partial charge on any atom is 0.272 e. The van der Waals surface area contributed by atoms with Crippen LogP contribution in [-0.2, 0) is 6.42 Å². The van der Waals surface area contributed by atoms with Gasteiger partial charge in [-0.3, -0.25) is 9.59 Å². The highest BCUT2D eigenvalue weighted by Crippen LogP contribution is 2.24. The molecule has 0 atom stereocenters. The molecule has 0 saturated heterocycles. The number of ether oxygens (including phenoxy) is 1. The monoisotopic (exact) mass is 231 g/mol. The zero-order chi connectivity index (χ0) is 12.4. The van der Waals surface area contributed by atoms with Crippen LogP contribution in [0.25, 0.3) is 0 Å². The smallest absolute Gasteiger partial charge is 0.272 e. The third-order valence-electron chi connectivity index (χ3n) is 2.73. The summed E-state index contributed by atoms with van der Waals surface area (Å²) in [6, 6.07) is 7.65. The quantitative estimate of drug-likeness (QED) is 0.812. The molecule has 2 aromatic carbocycles. The molecule has 1 N–H and O–H groups in total. The highest BCUT2D eigenvalue weighted by atomic mass is 16.5. The Morgan fingerprint density at radius 3 is 2.53 bits per heavy atom. The van der Waals surface area contributed by atoms with Crippen molar-refractivity contribution in [1.82, 2.24) is 0 Å². The van der Waals surface area contributed by atoms with Gasteiger partial charge in [-0.2, -0.15) is 0 Å². The molecule has 4 heteroatoms. The van der Waals surface area contributed by atoms with Gasteiger partial charge in [0.15, 0.2) is 5.75 Å². The first-order valence-corrected chi connectivity index (χ1v) is 5.41. The van der Waals surface area contributed by atoms with Gasteiger partial charge in [-0.05, 0) is 18.1 Å². The zero-order valence-corrected chi connectivity index (χ0v) is 9.74. The van der Waals surface area contributed by atoms with Crippen molar-refractivity contribution in [3.63, 3.8) is 0 Å². The van der Waals surface area contributed by atoms with Crippen LogP contribution in [0, 0.1) is 0 Å². The topological polar surface area (TPSA) is 55.4 Å². The van der Waals surface area contributed by atoms with E-state index in [0.717, 1.165) is 17.7 Å². The number of nitrogens with one attached hydrogen (secondary N) is 1. The van der Waals surface area contributed by atoms with Gasteiger partial charge >= 0.3 is 0 Å². The molecule has 0 radical (unpaired) electrons. The predicted molar refractivity (Wildman–Crippen MR) is 67.0 cm³/mol. The minimum Gasteiger partial charge on any atom is -0.491 e. The maximum absolute atomic E-state index is 11.4. The van der Waals surface area contributed by atoms with Crippen molar-refractivity contribution in [1.29, 1.82) is 0 Å². The Hall–Kier alpha value is -2.10. The van der Waals surface area contributed by atoms with Crippen molar-refractivity contribution in [2.45, 2.75) is 13.3 Å². The summed E-state index contributed by atoms with van der Waals surface area (Å²) in [5.41, 5.74) is 1.08. The SMILES string of the molecule is CCc1ccccc1Nc1c(OC)c(=O)c1=O. The average Bonchev–Trinajstić information content (AvgIpc) is 2.38. The zero-order valence-electron chi connectivity index (χ0n) is 9.74. The summed E-state index contributed by atoms with van der Waals surface area (Å²) < 4.78 is 4.87. The molecule has 88 valence electrons. The second-order valence-electron chi connectivity index (χ2n) is 3.70. The number of anilines is 2. The van der Waals surface area contributed by atoms with Gasteiger partial charge in [-0.1, -0.05) is 25.1 Å². The molecular weight excluding hydrogens is 218 g/mol. The summed E-state index contributed by atoms with van der Waals surface area (Å²) in [6.45, 7) is 2.03. The molecular formula is C13H13NO3. The molecule has 0 spiro atoms. The van der Waals surface area contributed by atoms with Crippen molar-refractivity contribution in [3.05, 3.63) is 50.3 Å². The molecule has 0 aliphatic heterocycles. The summed E-state index contributed by atoms with van der Waals surface area (Å²) in [6.07, 6.45) is 0.848. The van der Waals surface area contributed by atoms with E-state index in [0.29, 0.717) is 0 Å². The van der Waals surface area contributed by atoms with E-state index in [-0.39, 0.29) is 11.4 Å². The van der Waals surface area contributed by atoms with Crippen molar-refractivity contribution in [3.8, 4) is 5.75 Å². The van der Waals surface area contributed by atoms with E-state index in [1.54, 1.807) is 0 Å². The molecule has 0 aromatic heterocycles. The van der Waals surface area contributed by atoms with Crippen LogP contribution in [0.3, 0.4) is 0 Å². The number of hydrogen-bond donors (Lipinski definition) is 1. The largest absolute Gasteiger partial charge is 0.491 e. The van der Waals surface area contributed by atoms with Crippen LogP contribution in [0.1, 0.15) is 12.5 Å². The van der Waals surface area contributed by atoms with Crippen molar-refractivity contribution >= 4 is 11.4 Å². The second-order valence-corrected chi connectivity index (χ2v) is 3.70. The van der Waals surface area contributed by atoms with E-state index in [1.807, 2.05) is 31.2 Å². The number of para-hydroxylation sites is 1. The standard InChI is InChI=1S/C13H13NO3/c1-3-8-6-4-5-7-9(8)14-10-11(15)12(16)13(10)17-2/h4-7,14H,3H2,1-2H3. The fourth-order valence-electron chi connectivity index (χ4n) is 1.76. The third-order valence-corrected chi connectivity index (χ3v) is 2.73. The van der Waals surface area contributed by atoms with Gasteiger partial charge in [0.2, 0.25) is 0 Å². The number of methoxy groups -OCH3 is 1. The van der Waals surface area contributed by atoms with Crippen LogP contribution in [0.4, 0.5) is 11.4 Å². The molecule has 17 heavy (non-hydrogen) atoms. The van der Waals surface area contributed by atoms with E-state index in [2.05, 4.69) is 5.32 Å². The Kier molecular flexibility index (Phi) is 2.95. The molecule has 0 aliphatic carbocycles. The van der Waals surface area contributed by atoms with Gasteiger partial charge in [0.05, 0.1) is 7.11 Å². The summed E-state index contributed by atoms with van der Waals surface area (Å²) in [5, 5.41) is 2.96. The summed E-state index contributed by atoms with van der Waals surface area (Å²) in [7, 11) is 1.38. The number of hydrogen-bond acceptors (Lipinski definition) is 4. The molecule has 0 bridgehead atoms. The lowest BCUT2D eigenvalue weighted by molar-refractivity contribution is 0.408. The summed E-state index contributed by atoms with van der Waals surface area (Å²) >= 11 is 0. The Bertz CT molecular complexity index is 609. The second kappa shape index (κ2) is 4.41. The van der Waals surface area contributed by atoms with Gasteiger partial charge in [0.1, 0.15) is 5.69 Å². The Morgan fingerprint density at radius 1 is 1.18 bits per heavy atom. The fourth-order valence-corrected chi connectivity index (χ4v) is 1.76. The first kappa shape index (κ1) is 11.4. The first-order valence-electron chi connectivity index (χ1n) is 5.41. The third kappa shape index (κ3) is 1.82. The molecule has 0 heterocycles. The first-order chi connectivity index (χ1) is 8.19. The molecule has 0 unspecified atom stereocenters. The van der Waals surface area contributed by atoms with Gasteiger partial charge in [-0.25, -0.2) is 0 Å². The fraction of sp³-hybridized carbons (Fsp3) is 0.231. The van der Waals surface area contributed by atoms with Crippen LogP contribution < -0.4 is 20.9 Å². The molecule has 0 aliphatic rings. The Morgan fingerprint density at radius 2 is 1.88 bits per heavy atom. The normalized spacial score (nSPS) is 10.5. The number of benzene rings is 1. The molecule has 0 fully saturated rings. The van der Waals surface area contributed by atoms with Gasteiger partial charge in [-0.15, -0.1) is 0 Å². The minimum absolute atomic E-state index is 0.112. The summed E-state index contributed by atoms with van der Waals surface area (Å²) in [5.74, 6) is 0.112.